The maximum atomic E-state index is 5.31. The molecule has 0 spiro atoms. The molecule has 1 atom stereocenters. The third-order valence-electron chi connectivity index (χ3n) is 4.64. The Morgan fingerprint density at radius 2 is 1.43 bits per heavy atom. The molecule has 142 valence electrons. The predicted octanol–water partition coefficient (Wildman–Crippen LogP) is 5.31. The summed E-state index contributed by atoms with van der Waals surface area (Å²) in [7, 11) is 3.37. The summed E-state index contributed by atoms with van der Waals surface area (Å²) in [5.74, 6) is 1.71. The van der Waals surface area contributed by atoms with E-state index >= 15 is 0 Å². The van der Waals surface area contributed by atoms with Gasteiger partial charge in [-0.25, -0.2) is 0 Å². The van der Waals surface area contributed by atoms with Crippen molar-refractivity contribution in [3.8, 4) is 11.5 Å². The van der Waals surface area contributed by atoms with Gasteiger partial charge < -0.3 is 9.47 Å². The summed E-state index contributed by atoms with van der Waals surface area (Å²) in [6.07, 6.45) is 0. The van der Waals surface area contributed by atoms with Crippen molar-refractivity contribution in [1.82, 2.24) is 5.01 Å². The lowest BCUT2D eigenvalue weighted by Crippen LogP contribution is -2.17. The van der Waals surface area contributed by atoms with E-state index in [9.17, 15) is 0 Å². The van der Waals surface area contributed by atoms with Crippen LogP contribution in [0.4, 0.5) is 0 Å². The summed E-state index contributed by atoms with van der Waals surface area (Å²) in [6.45, 7) is 0.754. The van der Waals surface area contributed by atoms with E-state index in [1.165, 1.54) is 11.1 Å². The summed E-state index contributed by atoms with van der Waals surface area (Å²) >= 11 is 1.77. The van der Waals surface area contributed by atoms with Crippen molar-refractivity contribution < 1.29 is 9.47 Å². The highest BCUT2D eigenvalue weighted by Crippen LogP contribution is 2.42. The molecule has 0 N–H and O–H groups in total. The molecule has 0 fully saturated rings. The van der Waals surface area contributed by atoms with Crippen molar-refractivity contribution in [1.29, 1.82) is 0 Å². The molecule has 0 aliphatic carbocycles. The van der Waals surface area contributed by atoms with Crippen LogP contribution in [0, 0.1) is 0 Å². The van der Waals surface area contributed by atoms with Crippen molar-refractivity contribution in [3.63, 3.8) is 0 Å². The highest BCUT2D eigenvalue weighted by Gasteiger charge is 2.29. The van der Waals surface area contributed by atoms with Crippen molar-refractivity contribution in [3.05, 3.63) is 95.6 Å². The molecule has 0 saturated heterocycles. The molecule has 28 heavy (non-hydrogen) atoms. The molecule has 0 radical (unpaired) electrons. The largest absolute Gasteiger partial charge is 0.497 e. The van der Waals surface area contributed by atoms with E-state index in [-0.39, 0.29) is 5.37 Å². The van der Waals surface area contributed by atoms with Gasteiger partial charge in [-0.05, 0) is 47.5 Å². The van der Waals surface area contributed by atoms with E-state index in [1.807, 2.05) is 30.3 Å². The number of rotatable bonds is 6. The molecule has 3 aromatic rings. The van der Waals surface area contributed by atoms with E-state index < -0.39 is 0 Å². The van der Waals surface area contributed by atoms with Gasteiger partial charge in [0.05, 0.1) is 20.8 Å². The fraction of sp³-hybridized carbons (Fsp3) is 0.174. The van der Waals surface area contributed by atoms with Crippen LogP contribution in [0.1, 0.15) is 22.1 Å². The average molecular weight is 391 g/mol. The van der Waals surface area contributed by atoms with Crippen LogP contribution in [0.25, 0.3) is 0 Å². The maximum Gasteiger partial charge on any atom is 0.126 e. The fourth-order valence-corrected chi connectivity index (χ4v) is 4.29. The van der Waals surface area contributed by atoms with E-state index in [1.54, 1.807) is 26.0 Å². The van der Waals surface area contributed by atoms with E-state index in [0.717, 1.165) is 28.7 Å². The number of hydrazone groups is 1. The number of thioether (sulfide) groups is 1. The first-order chi connectivity index (χ1) is 13.8. The summed E-state index contributed by atoms with van der Waals surface area (Å²) in [5, 5.41) is 8.23. The number of nitrogens with zero attached hydrogens (tertiary/aromatic N) is 2. The zero-order valence-corrected chi connectivity index (χ0v) is 16.7. The molecule has 0 aromatic heterocycles. The van der Waals surface area contributed by atoms with Gasteiger partial charge >= 0.3 is 0 Å². The lowest BCUT2D eigenvalue weighted by atomic mass is 10.2. The van der Waals surface area contributed by atoms with Crippen LogP contribution in [-0.2, 0) is 6.54 Å². The normalized spacial score (nSPS) is 16.0. The Morgan fingerprint density at radius 1 is 0.821 bits per heavy atom. The van der Waals surface area contributed by atoms with Gasteiger partial charge in [-0.1, -0.05) is 54.2 Å². The van der Waals surface area contributed by atoms with Gasteiger partial charge in [0.1, 0.15) is 21.9 Å². The molecule has 4 rings (SSSR count). The Balaban J connectivity index is 1.63. The topological polar surface area (TPSA) is 34.1 Å². The first-order valence-electron chi connectivity index (χ1n) is 9.11. The van der Waals surface area contributed by atoms with Crippen LogP contribution < -0.4 is 9.47 Å². The Labute approximate surface area is 169 Å². The first-order valence-corrected chi connectivity index (χ1v) is 9.99. The lowest BCUT2D eigenvalue weighted by molar-refractivity contribution is 0.271. The molecule has 0 bridgehead atoms. The second-order valence-electron chi connectivity index (χ2n) is 6.46. The molecule has 1 unspecified atom stereocenters. The molecule has 1 heterocycles. The summed E-state index contributed by atoms with van der Waals surface area (Å²) in [4.78, 5) is 0. The van der Waals surface area contributed by atoms with Gasteiger partial charge in [0.25, 0.3) is 0 Å². The van der Waals surface area contributed by atoms with Crippen molar-refractivity contribution >= 4 is 16.8 Å². The second-order valence-corrected chi connectivity index (χ2v) is 7.53. The van der Waals surface area contributed by atoms with Gasteiger partial charge in [-0.3, -0.25) is 5.01 Å². The Kier molecular flexibility index (Phi) is 5.53. The maximum absolute atomic E-state index is 5.31. The summed E-state index contributed by atoms with van der Waals surface area (Å²) in [6, 6.07) is 26.7. The van der Waals surface area contributed by atoms with Gasteiger partial charge in [0.2, 0.25) is 0 Å². The summed E-state index contributed by atoms with van der Waals surface area (Å²) < 4.78 is 10.6. The zero-order chi connectivity index (χ0) is 19.3. The molecule has 1 aliphatic rings. The molecule has 4 nitrogen and oxygen atoms in total. The van der Waals surface area contributed by atoms with Crippen LogP contribution in [0.15, 0.2) is 84.0 Å². The Morgan fingerprint density at radius 3 is 2.04 bits per heavy atom. The molecular formula is C23H22N2O2S. The quantitative estimate of drug-likeness (QED) is 0.571. The highest BCUT2D eigenvalue weighted by molar-refractivity contribution is 8.14. The molecule has 5 heteroatoms. The number of hydrogen-bond donors (Lipinski definition) is 0. The number of hydrogen-bond acceptors (Lipinski definition) is 5. The monoisotopic (exact) mass is 390 g/mol. The SMILES string of the molecule is COc1ccc(C2=NN(Cc3ccccc3)C(c3ccc(OC)cc3)S2)cc1. The number of ether oxygens (including phenoxy) is 2. The van der Waals surface area contributed by atoms with Crippen LogP contribution in [0.5, 0.6) is 11.5 Å². The minimum Gasteiger partial charge on any atom is -0.497 e. The smallest absolute Gasteiger partial charge is 0.126 e. The fourth-order valence-electron chi connectivity index (χ4n) is 3.12. The third kappa shape index (κ3) is 3.99. The van der Waals surface area contributed by atoms with Gasteiger partial charge in [0.15, 0.2) is 0 Å². The molecule has 1 aliphatic heterocycles. The van der Waals surface area contributed by atoms with Crippen molar-refractivity contribution in [2.75, 3.05) is 14.2 Å². The predicted molar refractivity (Wildman–Crippen MR) is 115 cm³/mol. The van der Waals surface area contributed by atoms with Crippen molar-refractivity contribution in [2.45, 2.75) is 11.9 Å². The van der Waals surface area contributed by atoms with E-state index in [4.69, 9.17) is 14.6 Å². The Bertz CT molecular complexity index is 941. The van der Waals surface area contributed by atoms with Gasteiger partial charge in [-0.2, -0.15) is 5.10 Å². The molecule has 3 aromatic carbocycles. The van der Waals surface area contributed by atoms with E-state index in [0.29, 0.717) is 0 Å². The second kappa shape index (κ2) is 8.40. The highest BCUT2D eigenvalue weighted by atomic mass is 32.2. The minimum atomic E-state index is 0.114. The minimum absolute atomic E-state index is 0.114. The molecule has 0 saturated carbocycles. The number of methoxy groups -OCH3 is 2. The van der Waals surface area contributed by atoms with E-state index in [2.05, 4.69) is 53.5 Å². The Hall–Kier alpha value is -2.92. The first kappa shape index (κ1) is 18.4. The lowest BCUT2D eigenvalue weighted by Gasteiger charge is -2.23. The van der Waals surface area contributed by atoms with Gasteiger partial charge in [0, 0.05) is 5.56 Å². The van der Waals surface area contributed by atoms with Crippen LogP contribution in [0.3, 0.4) is 0 Å². The van der Waals surface area contributed by atoms with Gasteiger partial charge in [-0.15, -0.1) is 0 Å². The van der Waals surface area contributed by atoms with Crippen LogP contribution >= 0.6 is 11.8 Å². The molecule has 0 amide bonds. The third-order valence-corrected chi connectivity index (χ3v) is 5.92. The zero-order valence-electron chi connectivity index (χ0n) is 15.9. The molecular weight excluding hydrogens is 368 g/mol. The number of benzene rings is 3. The van der Waals surface area contributed by atoms with Crippen molar-refractivity contribution in [2.24, 2.45) is 5.10 Å². The van der Waals surface area contributed by atoms with Crippen LogP contribution in [-0.4, -0.2) is 24.3 Å². The standard InChI is InChI=1S/C23H22N2O2S/c1-26-20-12-8-18(9-13-20)22-24-25(16-17-6-4-3-5-7-17)23(28-22)19-10-14-21(27-2)15-11-19/h3-15,23H,16H2,1-2H3. The average Bonchev–Trinajstić information content (AvgIpc) is 3.18. The van der Waals surface area contributed by atoms with Crippen LogP contribution in [0.2, 0.25) is 0 Å². The summed E-state index contributed by atoms with van der Waals surface area (Å²) in [5.41, 5.74) is 3.54.